The highest BCUT2D eigenvalue weighted by Gasteiger charge is 2.40. The van der Waals surface area contributed by atoms with E-state index in [0.717, 1.165) is 39.2 Å². The summed E-state index contributed by atoms with van der Waals surface area (Å²) in [5, 5.41) is 13.3. The van der Waals surface area contributed by atoms with Crippen LogP contribution in [0.2, 0.25) is 0 Å². The molecular formula is C23H23N7OS. The lowest BCUT2D eigenvalue weighted by molar-refractivity contribution is 0.284. The minimum absolute atomic E-state index is 0.425. The summed E-state index contributed by atoms with van der Waals surface area (Å²) in [5.41, 5.74) is 3.07. The van der Waals surface area contributed by atoms with Crippen molar-refractivity contribution in [2.75, 3.05) is 11.9 Å². The van der Waals surface area contributed by atoms with Gasteiger partial charge in [-0.2, -0.15) is 4.98 Å². The van der Waals surface area contributed by atoms with E-state index in [9.17, 15) is 0 Å². The first-order valence-electron chi connectivity index (χ1n) is 10.5. The number of ether oxygens (including phenoxy) is 1. The van der Waals surface area contributed by atoms with Crippen molar-refractivity contribution in [2.45, 2.75) is 32.7 Å². The third-order valence-electron chi connectivity index (χ3n) is 5.30. The second kappa shape index (κ2) is 8.96. The zero-order chi connectivity index (χ0) is 21.9. The summed E-state index contributed by atoms with van der Waals surface area (Å²) < 4.78 is 6.00. The Hall–Kier alpha value is -3.46. The van der Waals surface area contributed by atoms with Gasteiger partial charge < -0.3 is 10.1 Å². The van der Waals surface area contributed by atoms with Crippen LogP contribution < -0.4 is 10.1 Å². The summed E-state index contributed by atoms with van der Waals surface area (Å²) in [6.45, 7) is 4.99. The predicted molar refractivity (Wildman–Crippen MR) is 123 cm³/mol. The fraction of sp³-hybridized carbons (Fsp3) is 0.304. The van der Waals surface area contributed by atoms with Gasteiger partial charge in [-0.3, -0.25) is 9.97 Å². The van der Waals surface area contributed by atoms with Crippen LogP contribution in [-0.4, -0.2) is 36.7 Å². The number of hydrogen-bond acceptors (Lipinski definition) is 9. The average Bonchev–Trinajstić information content (AvgIpc) is 3.48. The third-order valence-corrected chi connectivity index (χ3v) is 6.14. The Morgan fingerprint density at radius 2 is 2.03 bits per heavy atom. The fourth-order valence-electron chi connectivity index (χ4n) is 3.58. The zero-order valence-electron chi connectivity index (χ0n) is 17.9. The van der Waals surface area contributed by atoms with Crippen molar-refractivity contribution in [1.29, 1.82) is 0 Å². The van der Waals surface area contributed by atoms with Crippen molar-refractivity contribution in [3.63, 3.8) is 0 Å². The van der Waals surface area contributed by atoms with Crippen LogP contribution >= 0.6 is 11.3 Å². The van der Waals surface area contributed by atoms with Crippen molar-refractivity contribution in [3.8, 4) is 17.1 Å². The zero-order valence-corrected chi connectivity index (χ0v) is 18.7. The van der Waals surface area contributed by atoms with Gasteiger partial charge in [-0.05, 0) is 44.5 Å². The third kappa shape index (κ3) is 4.88. The van der Waals surface area contributed by atoms with Gasteiger partial charge in [0, 0.05) is 41.6 Å². The number of aryl methyl sites for hydroxylation is 2. The van der Waals surface area contributed by atoms with Crippen LogP contribution in [0.15, 0.2) is 48.8 Å². The number of pyridine rings is 2. The molecule has 1 aliphatic rings. The number of hydrogen-bond donors (Lipinski definition) is 1. The second-order valence-corrected chi connectivity index (χ2v) is 9.07. The molecule has 2 atom stereocenters. The molecule has 32 heavy (non-hydrogen) atoms. The van der Waals surface area contributed by atoms with E-state index in [0.29, 0.717) is 36.7 Å². The summed E-state index contributed by atoms with van der Waals surface area (Å²) in [5.74, 6) is 2.84. The molecule has 0 spiro atoms. The van der Waals surface area contributed by atoms with Crippen LogP contribution in [0.4, 0.5) is 5.82 Å². The molecule has 0 aliphatic heterocycles. The first-order chi connectivity index (χ1) is 15.6. The molecule has 0 bridgehead atoms. The number of nitrogens with zero attached hydrogens (tertiary/aromatic N) is 6. The van der Waals surface area contributed by atoms with Crippen LogP contribution in [0.3, 0.4) is 0 Å². The summed E-state index contributed by atoms with van der Waals surface area (Å²) in [6.07, 6.45) is 4.77. The Morgan fingerprint density at radius 3 is 2.78 bits per heavy atom. The highest BCUT2D eigenvalue weighted by Crippen LogP contribution is 2.46. The predicted octanol–water partition coefficient (Wildman–Crippen LogP) is 4.20. The van der Waals surface area contributed by atoms with E-state index in [2.05, 4.69) is 47.6 Å². The molecule has 1 saturated carbocycles. The van der Waals surface area contributed by atoms with Gasteiger partial charge in [-0.1, -0.05) is 17.4 Å². The lowest BCUT2D eigenvalue weighted by atomic mass is 10.1. The number of aromatic nitrogens is 6. The Bertz CT molecular complexity index is 1200. The molecular weight excluding hydrogens is 422 g/mol. The van der Waals surface area contributed by atoms with Crippen LogP contribution in [0, 0.1) is 19.8 Å². The van der Waals surface area contributed by atoms with Crippen LogP contribution in [-0.2, 0) is 6.54 Å². The topological polar surface area (TPSA) is 98.6 Å². The SMILES string of the molecule is Cc1nc(NCc2nnc(C)s2)cc(OC[C@H]2C[C@@H]2c2ccc(-c3ccccn3)cn2)n1. The molecule has 4 heterocycles. The van der Waals surface area contributed by atoms with Crippen molar-refractivity contribution in [1.82, 2.24) is 30.1 Å². The van der Waals surface area contributed by atoms with Crippen LogP contribution in [0.5, 0.6) is 5.88 Å². The molecule has 9 heteroatoms. The first kappa shape index (κ1) is 20.4. The lowest BCUT2D eigenvalue weighted by Crippen LogP contribution is -2.07. The van der Waals surface area contributed by atoms with E-state index >= 15 is 0 Å². The lowest BCUT2D eigenvalue weighted by Gasteiger charge is -2.09. The van der Waals surface area contributed by atoms with Gasteiger partial charge in [0.1, 0.15) is 21.7 Å². The molecule has 1 fully saturated rings. The van der Waals surface area contributed by atoms with E-state index in [1.165, 1.54) is 0 Å². The molecule has 1 N–H and O–H groups in total. The van der Waals surface area contributed by atoms with Crippen molar-refractivity contribution >= 4 is 17.2 Å². The highest BCUT2D eigenvalue weighted by atomic mass is 32.1. The highest BCUT2D eigenvalue weighted by molar-refractivity contribution is 7.11. The van der Waals surface area contributed by atoms with Gasteiger partial charge in [-0.25, -0.2) is 4.98 Å². The normalized spacial score (nSPS) is 17.2. The number of rotatable bonds is 8. The molecule has 4 aromatic rings. The largest absolute Gasteiger partial charge is 0.477 e. The van der Waals surface area contributed by atoms with Gasteiger partial charge in [-0.15, -0.1) is 10.2 Å². The molecule has 162 valence electrons. The van der Waals surface area contributed by atoms with Gasteiger partial charge in [0.25, 0.3) is 0 Å². The van der Waals surface area contributed by atoms with E-state index in [-0.39, 0.29) is 0 Å². The maximum atomic E-state index is 6.00. The van der Waals surface area contributed by atoms with Crippen molar-refractivity contribution in [2.24, 2.45) is 5.92 Å². The Balaban J connectivity index is 1.16. The molecule has 0 amide bonds. The summed E-state index contributed by atoms with van der Waals surface area (Å²) >= 11 is 1.57. The van der Waals surface area contributed by atoms with E-state index in [1.807, 2.05) is 44.3 Å². The van der Waals surface area contributed by atoms with Gasteiger partial charge in [0.2, 0.25) is 5.88 Å². The molecule has 1 aliphatic carbocycles. The fourth-order valence-corrected chi connectivity index (χ4v) is 4.22. The number of nitrogens with one attached hydrogen (secondary N) is 1. The molecule has 5 rings (SSSR count). The van der Waals surface area contributed by atoms with Crippen LogP contribution in [0.1, 0.15) is 33.9 Å². The minimum Gasteiger partial charge on any atom is -0.477 e. The van der Waals surface area contributed by atoms with Crippen molar-refractivity contribution < 1.29 is 4.74 Å². The molecule has 0 radical (unpaired) electrons. The van der Waals surface area contributed by atoms with Crippen molar-refractivity contribution in [3.05, 3.63) is 70.3 Å². The van der Waals surface area contributed by atoms with Gasteiger partial charge in [0.05, 0.1) is 18.8 Å². The number of anilines is 1. The minimum atomic E-state index is 0.425. The Morgan fingerprint density at radius 1 is 1.09 bits per heavy atom. The molecule has 0 unspecified atom stereocenters. The standard InChI is InChI=1S/C23H23N7OS/c1-14-27-21(26-12-23-30-29-15(2)32-23)10-22(28-14)31-13-17-9-18(17)20-7-6-16(11-25-20)19-5-3-4-8-24-19/h3-8,10-11,17-18H,9,12-13H2,1-2H3,(H,26,27,28)/t17-,18+/m1/s1. The Kier molecular flexibility index (Phi) is 5.72. The first-order valence-corrected chi connectivity index (χ1v) is 11.3. The van der Waals surface area contributed by atoms with E-state index < -0.39 is 0 Å². The maximum absolute atomic E-state index is 6.00. The maximum Gasteiger partial charge on any atom is 0.218 e. The summed E-state index contributed by atoms with van der Waals surface area (Å²) in [6, 6.07) is 11.9. The van der Waals surface area contributed by atoms with Gasteiger partial charge >= 0.3 is 0 Å². The summed E-state index contributed by atoms with van der Waals surface area (Å²) in [7, 11) is 0. The molecule has 0 saturated heterocycles. The summed E-state index contributed by atoms with van der Waals surface area (Å²) in [4.78, 5) is 17.9. The quantitative estimate of drug-likeness (QED) is 0.431. The van der Waals surface area contributed by atoms with E-state index in [4.69, 9.17) is 4.74 Å². The van der Waals surface area contributed by atoms with Gasteiger partial charge in [0.15, 0.2) is 0 Å². The monoisotopic (exact) mass is 445 g/mol. The van der Waals surface area contributed by atoms with Crippen LogP contribution in [0.25, 0.3) is 11.3 Å². The van der Waals surface area contributed by atoms with E-state index in [1.54, 1.807) is 17.5 Å². The average molecular weight is 446 g/mol. The second-order valence-electron chi connectivity index (χ2n) is 7.81. The Labute approximate surface area is 190 Å². The smallest absolute Gasteiger partial charge is 0.218 e. The molecule has 4 aromatic heterocycles. The molecule has 8 nitrogen and oxygen atoms in total. The molecule has 0 aromatic carbocycles.